The lowest BCUT2D eigenvalue weighted by Gasteiger charge is -2.24. The van der Waals surface area contributed by atoms with Gasteiger partial charge in [-0.2, -0.15) is 0 Å². The van der Waals surface area contributed by atoms with Gasteiger partial charge in [-0.3, -0.25) is 4.79 Å². The molecule has 0 radical (unpaired) electrons. The van der Waals surface area contributed by atoms with E-state index in [9.17, 15) is 9.18 Å². The van der Waals surface area contributed by atoms with Crippen LogP contribution in [0, 0.1) is 5.82 Å². The molecule has 1 aliphatic heterocycles. The second kappa shape index (κ2) is 4.49. The maximum absolute atomic E-state index is 13.0. The molecule has 1 unspecified atom stereocenters. The van der Waals surface area contributed by atoms with E-state index in [1.165, 1.54) is 25.3 Å². The number of rotatable bonds is 2. The molecule has 2 rings (SSSR count). The van der Waals surface area contributed by atoms with Gasteiger partial charge >= 0.3 is 0 Å². The summed E-state index contributed by atoms with van der Waals surface area (Å²) < 4.78 is 23.3. The minimum absolute atomic E-state index is 0.226. The van der Waals surface area contributed by atoms with Crippen LogP contribution in [0.5, 0.6) is 5.75 Å². The van der Waals surface area contributed by atoms with E-state index in [2.05, 4.69) is 5.32 Å². The van der Waals surface area contributed by atoms with Crippen molar-refractivity contribution in [3.8, 4) is 5.75 Å². The van der Waals surface area contributed by atoms with Crippen LogP contribution in [0.4, 0.5) is 4.39 Å². The van der Waals surface area contributed by atoms with Gasteiger partial charge in [-0.25, -0.2) is 4.39 Å². The summed E-state index contributed by atoms with van der Waals surface area (Å²) in [5.74, 6) is -0.310. The van der Waals surface area contributed by atoms with Crippen molar-refractivity contribution in [3.05, 3.63) is 29.6 Å². The van der Waals surface area contributed by atoms with Crippen molar-refractivity contribution in [2.75, 3.05) is 20.3 Å². The number of carbonyl (C=O) groups is 1. The molecule has 1 amide bonds. The van der Waals surface area contributed by atoms with Gasteiger partial charge < -0.3 is 14.8 Å². The Kier molecular flexibility index (Phi) is 3.05. The molecule has 1 saturated heterocycles. The van der Waals surface area contributed by atoms with Crippen molar-refractivity contribution in [2.45, 2.75) is 6.10 Å². The second-order valence-electron chi connectivity index (χ2n) is 3.43. The number of carbonyl (C=O) groups excluding carboxylic acids is 1. The smallest absolute Gasteiger partial charge is 0.253 e. The second-order valence-corrected chi connectivity index (χ2v) is 3.43. The number of amides is 1. The van der Waals surface area contributed by atoms with E-state index in [-0.39, 0.29) is 5.91 Å². The maximum atomic E-state index is 13.0. The van der Waals surface area contributed by atoms with Gasteiger partial charge in [0, 0.05) is 18.2 Å². The highest BCUT2D eigenvalue weighted by molar-refractivity contribution is 5.83. The van der Waals surface area contributed by atoms with Crippen LogP contribution in [-0.2, 0) is 9.53 Å². The Hall–Kier alpha value is -1.62. The molecular weight excluding hydrogens is 213 g/mol. The van der Waals surface area contributed by atoms with E-state index in [1.54, 1.807) is 0 Å². The summed E-state index contributed by atoms with van der Waals surface area (Å²) in [7, 11) is 1.43. The molecule has 1 aliphatic rings. The summed E-state index contributed by atoms with van der Waals surface area (Å²) >= 11 is 0. The fourth-order valence-corrected chi connectivity index (χ4v) is 1.65. The minimum atomic E-state index is -0.718. The first-order valence-corrected chi connectivity index (χ1v) is 4.95. The molecule has 0 bridgehead atoms. The predicted octanol–water partition coefficient (Wildman–Crippen LogP) is 1.02. The number of morpholine rings is 1. The molecule has 0 aliphatic carbocycles. The van der Waals surface area contributed by atoms with Crippen molar-refractivity contribution in [1.29, 1.82) is 0 Å². The fourth-order valence-electron chi connectivity index (χ4n) is 1.65. The monoisotopic (exact) mass is 225 g/mol. The van der Waals surface area contributed by atoms with Crippen LogP contribution in [0.25, 0.3) is 0 Å². The average Bonchev–Trinajstić information content (AvgIpc) is 2.30. The zero-order chi connectivity index (χ0) is 11.5. The van der Waals surface area contributed by atoms with Gasteiger partial charge in [0.15, 0.2) is 6.10 Å². The van der Waals surface area contributed by atoms with Gasteiger partial charge in [-0.1, -0.05) is 0 Å². The fraction of sp³-hybridized carbons (Fsp3) is 0.364. The maximum Gasteiger partial charge on any atom is 0.253 e. The van der Waals surface area contributed by atoms with Gasteiger partial charge in [0.2, 0.25) is 0 Å². The summed E-state index contributed by atoms with van der Waals surface area (Å²) in [5.41, 5.74) is 0.543. The minimum Gasteiger partial charge on any atom is -0.496 e. The number of methoxy groups -OCH3 is 1. The third-order valence-electron chi connectivity index (χ3n) is 2.40. The van der Waals surface area contributed by atoms with Crippen LogP contribution in [-0.4, -0.2) is 26.2 Å². The molecule has 16 heavy (non-hydrogen) atoms. The summed E-state index contributed by atoms with van der Waals surface area (Å²) in [6, 6.07) is 4.02. The SMILES string of the molecule is COc1cc(F)ccc1C1OCCNC1=O. The van der Waals surface area contributed by atoms with Gasteiger partial charge in [0.25, 0.3) is 5.91 Å². The molecule has 86 valence electrons. The van der Waals surface area contributed by atoms with E-state index in [4.69, 9.17) is 9.47 Å². The van der Waals surface area contributed by atoms with Crippen molar-refractivity contribution in [3.63, 3.8) is 0 Å². The van der Waals surface area contributed by atoms with Crippen molar-refractivity contribution >= 4 is 5.91 Å². The van der Waals surface area contributed by atoms with Crippen molar-refractivity contribution < 1.29 is 18.7 Å². The molecule has 1 N–H and O–H groups in total. The topological polar surface area (TPSA) is 47.6 Å². The lowest BCUT2D eigenvalue weighted by atomic mass is 10.1. The average molecular weight is 225 g/mol. The molecule has 1 fully saturated rings. The molecule has 1 atom stereocenters. The van der Waals surface area contributed by atoms with E-state index in [0.717, 1.165) is 0 Å². The van der Waals surface area contributed by atoms with Crippen LogP contribution in [0.1, 0.15) is 11.7 Å². The van der Waals surface area contributed by atoms with Crippen LogP contribution >= 0.6 is 0 Å². The Balaban J connectivity index is 2.34. The van der Waals surface area contributed by atoms with Gasteiger partial charge in [0.05, 0.1) is 13.7 Å². The zero-order valence-corrected chi connectivity index (χ0v) is 8.83. The molecular formula is C11H12FNO3. The Morgan fingerprint density at radius 2 is 2.38 bits per heavy atom. The highest BCUT2D eigenvalue weighted by atomic mass is 19.1. The van der Waals surface area contributed by atoms with Gasteiger partial charge in [-0.15, -0.1) is 0 Å². The summed E-state index contributed by atoms with van der Waals surface area (Å²) in [5, 5.41) is 2.68. The van der Waals surface area contributed by atoms with Crippen LogP contribution in [0.15, 0.2) is 18.2 Å². The number of hydrogen-bond donors (Lipinski definition) is 1. The summed E-state index contributed by atoms with van der Waals surface area (Å²) in [4.78, 5) is 11.6. The Morgan fingerprint density at radius 3 is 3.06 bits per heavy atom. The number of benzene rings is 1. The van der Waals surface area contributed by atoms with Crippen molar-refractivity contribution in [2.24, 2.45) is 0 Å². The first kappa shape index (κ1) is 10.9. The van der Waals surface area contributed by atoms with E-state index < -0.39 is 11.9 Å². The van der Waals surface area contributed by atoms with E-state index in [0.29, 0.717) is 24.5 Å². The number of halogens is 1. The highest BCUT2D eigenvalue weighted by Gasteiger charge is 2.27. The highest BCUT2D eigenvalue weighted by Crippen LogP contribution is 2.29. The standard InChI is InChI=1S/C11H12FNO3/c1-15-9-6-7(12)2-3-8(9)10-11(14)13-4-5-16-10/h2-3,6,10H,4-5H2,1H3,(H,13,14). The molecule has 4 nitrogen and oxygen atoms in total. The van der Waals surface area contributed by atoms with Gasteiger partial charge in [-0.05, 0) is 12.1 Å². The van der Waals surface area contributed by atoms with E-state index in [1.807, 2.05) is 0 Å². The lowest BCUT2D eigenvalue weighted by Crippen LogP contribution is -2.39. The molecule has 1 aromatic rings. The predicted molar refractivity (Wildman–Crippen MR) is 54.7 cm³/mol. The largest absolute Gasteiger partial charge is 0.496 e. The first-order valence-electron chi connectivity index (χ1n) is 4.95. The Morgan fingerprint density at radius 1 is 1.56 bits per heavy atom. The number of hydrogen-bond acceptors (Lipinski definition) is 3. The van der Waals surface area contributed by atoms with E-state index >= 15 is 0 Å². The normalized spacial score (nSPS) is 20.4. The molecule has 0 spiro atoms. The van der Waals surface area contributed by atoms with Crippen LogP contribution < -0.4 is 10.1 Å². The molecule has 5 heteroatoms. The van der Waals surface area contributed by atoms with Gasteiger partial charge in [0.1, 0.15) is 11.6 Å². The third-order valence-corrected chi connectivity index (χ3v) is 2.40. The number of ether oxygens (including phenoxy) is 2. The summed E-state index contributed by atoms with van der Waals surface area (Å²) in [6.45, 7) is 0.940. The quantitative estimate of drug-likeness (QED) is 0.817. The lowest BCUT2D eigenvalue weighted by molar-refractivity contribution is -0.138. The first-order chi connectivity index (χ1) is 7.72. The summed E-state index contributed by atoms with van der Waals surface area (Å²) in [6.07, 6.45) is -0.718. The zero-order valence-electron chi connectivity index (χ0n) is 8.83. The third kappa shape index (κ3) is 1.99. The molecule has 0 aromatic heterocycles. The molecule has 0 saturated carbocycles. The Labute approximate surface area is 92.4 Å². The van der Waals surface area contributed by atoms with Crippen LogP contribution in [0.2, 0.25) is 0 Å². The van der Waals surface area contributed by atoms with Crippen molar-refractivity contribution in [1.82, 2.24) is 5.32 Å². The Bertz CT molecular complexity index is 408. The number of nitrogens with one attached hydrogen (secondary N) is 1. The molecule has 1 aromatic carbocycles. The van der Waals surface area contributed by atoms with Crippen LogP contribution in [0.3, 0.4) is 0 Å². The molecule has 1 heterocycles.